The fourth-order valence-electron chi connectivity index (χ4n) is 2.70. The van der Waals surface area contributed by atoms with Crippen LogP contribution >= 0.6 is 11.8 Å². The topological polar surface area (TPSA) is 41.5 Å². The maximum absolute atomic E-state index is 13.6. The minimum absolute atomic E-state index is 0.209. The molecule has 1 heterocycles. The summed E-state index contributed by atoms with van der Waals surface area (Å²) in [5.41, 5.74) is 1.04. The number of hydrogen-bond donors (Lipinski definition) is 2. The molecular formula is C19H22FNO2S. The molecule has 1 atom stereocenters. The van der Waals surface area contributed by atoms with Crippen molar-refractivity contribution < 1.29 is 14.2 Å². The molecule has 5 heteroatoms. The Balaban J connectivity index is 1.51. The predicted octanol–water partition coefficient (Wildman–Crippen LogP) is 3.36. The van der Waals surface area contributed by atoms with Gasteiger partial charge in [-0.3, -0.25) is 0 Å². The summed E-state index contributed by atoms with van der Waals surface area (Å²) in [4.78, 5) is 0. The SMILES string of the molecule is OC1(CNCc2cccc(OCc3ccccc3F)c2)CCSC1. The van der Waals surface area contributed by atoms with Gasteiger partial charge in [-0.05, 0) is 35.9 Å². The van der Waals surface area contributed by atoms with Gasteiger partial charge in [0.2, 0.25) is 0 Å². The van der Waals surface area contributed by atoms with Crippen LogP contribution < -0.4 is 10.1 Å². The Labute approximate surface area is 146 Å². The first-order valence-electron chi connectivity index (χ1n) is 8.11. The molecule has 0 aliphatic carbocycles. The molecule has 1 unspecified atom stereocenters. The van der Waals surface area contributed by atoms with Crippen molar-refractivity contribution >= 4 is 11.8 Å². The Bertz CT molecular complexity index is 674. The van der Waals surface area contributed by atoms with E-state index in [-0.39, 0.29) is 12.4 Å². The van der Waals surface area contributed by atoms with Gasteiger partial charge in [-0.25, -0.2) is 4.39 Å². The van der Waals surface area contributed by atoms with E-state index in [1.807, 2.05) is 24.3 Å². The smallest absolute Gasteiger partial charge is 0.129 e. The predicted molar refractivity (Wildman–Crippen MR) is 95.8 cm³/mol. The number of benzene rings is 2. The Morgan fingerprint density at radius 2 is 2.08 bits per heavy atom. The lowest BCUT2D eigenvalue weighted by Gasteiger charge is -2.21. The second-order valence-corrected chi connectivity index (χ2v) is 7.26. The lowest BCUT2D eigenvalue weighted by Crippen LogP contribution is -2.40. The number of halogens is 1. The summed E-state index contributed by atoms with van der Waals surface area (Å²) in [6, 6.07) is 14.4. The highest BCUT2D eigenvalue weighted by molar-refractivity contribution is 7.99. The van der Waals surface area contributed by atoms with Crippen LogP contribution in [0.4, 0.5) is 4.39 Å². The third-order valence-corrected chi connectivity index (χ3v) is 5.35. The van der Waals surface area contributed by atoms with Crippen LogP contribution in [0.1, 0.15) is 17.5 Å². The number of nitrogens with one attached hydrogen (secondary N) is 1. The van der Waals surface area contributed by atoms with Crippen molar-refractivity contribution in [1.29, 1.82) is 0 Å². The quantitative estimate of drug-likeness (QED) is 0.806. The molecule has 128 valence electrons. The maximum Gasteiger partial charge on any atom is 0.129 e. The van der Waals surface area contributed by atoms with Gasteiger partial charge < -0.3 is 15.2 Å². The molecule has 0 saturated carbocycles. The van der Waals surface area contributed by atoms with Crippen LogP contribution in [0.2, 0.25) is 0 Å². The van der Waals surface area contributed by atoms with Crippen LogP contribution in [-0.4, -0.2) is 28.8 Å². The first kappa shape index (κ1) is 17.3. The highest BCUT2D eigenvalue weighted by Gasteiger charge is 2.30. The molecule has 2 aromatic rings. The summed E-state index contributed by atoms with van der Waals surface area (Å²) in [6.45, 7) is 1.48. The molecule has 24 heavy (non-hydrogen) atoms. The number of thioether (sulfide) groups is 1. The van der Waals surface area contributed by atoms with E-state index < -0.39 is 5.60 Å². The van der Waals surface area contributed by atoms with E-state index in [2.05, 4.69) is 5.32 Å². The molecule has 1 aliphatic rings. The zero-order valence-corrected chi connectivity index (χ0v) is 14.3. The number of hydrogen-bond acceptors (Lipinski definition) is 4. The zero-order valence-electron chi connectivity index (χ0n) is 13.5. The van der Waals surface area contributed by atoms with E-state index in [1.54, 1.807) is 30.0 Å². The van der Waals surface area contributed by atoms with Crippen molar-refractivity contribution in [2.75, 3.05) is 18.1 Å². The van der Waals surface area contributed by atoms with Crippen LogP contribution in [0.25, 0.3) is 0 Å². The lowest BCUT2D eigenvalue weighted by molar-refractivity contribution is 0.0674. The minimum atomic E-state index is -0.580. The van der Waals surface area contributed by atoms with Crippen LogP contribution in [0.5, 0.6) is 5.75 Å². The third-order valence-electron chi connectivity index (χ3n) is 4.12. The first-order valence-corrected chi connectivity index (χ1v) is 9.26. The van der Waals surface area contributed by atoms with E-state index >= 15 is 0 Å². The molecule has 0 amide bonds. The summed E-state index contributed by atoms with van der Waals surface area (Å²) >= 11 is 1.79. The average Bonchev–Trinajstić information content (AvgIpc) is 3.01. The highest BCUT2D eigenvalue weighted by Crippen LogP contribution is 2.27. The van der Waals surface area contributed by atoms with E-state index in [1.165, 1.54) is 6.07 Å². The maximum atomic E-state index is 13.6. The average molecular weight is 347 g/mol. The summed E-state index contributed by atoms with van der Waals surface area (Å²) < 4.78 is 19.3. The molecule has 3 rings (SSSR count). The van der Waals surface area contributed by atoms with E-state index in [9.17, 15) is 9.50 Å². The monoisotopic (exact) mass is 347 g/mol. The second kappa shape index (κ2) is 8.01. The van der Waals surface area contributed by atoms with Crippen LogP contribution in [0.3, 0.4) is 0 Å². The Morgan fingerprint density at radius 3 is 2.88 bits per heavy atom. The van der Waals surface area contributed by atoms with Crippen molar-refractivity contribution in [3.05, 3.63) is 65.5 Å². The van der Waals surface area contributed by atoms with Crippen molar-refractivity contribution in [3.8, 4) is 5.75 Å². The number of rotatable bonds is 7. The van der Waals surface area contributed by atoms with Gasteiger partial charge in [-0.2, -0.15) is 11.8 Å². The highest BCUT2D eigenvalue weighted by atomic mass is 32.2. The van der Waals surface area contributed by atoms with Crippen molar-refractivity contribution in [3.63, 3.8) is 0 Å². The third kappa shape index (κ3) is 4.72. The molecule has 1 fully saturated rings. The molecule has 0 aromatic heterocycles. The Kier molecular flexibility index (Phi) is 5.76. The van der Waals surface area contributed by atoms with Gasteiger partial charge in [0.25, 0.3) is 0 Å². The van der Waals surface area contributed by atoms with Gasteiger partial charge in [-0.1, -0.05) is 30.3 Å². The fraction of sp³-hybridized carbons (Fsp3) is 0.368. The minimum Gasteiger partial charge on any atom is -0.489 e. The Hall–Kier alpha value is -1.56. The molecule has 2 aromatic carbocycles. The molecule has 1 saturated heterocycles. The van der Waals surface area contributed by atoms with Crippen LogP contribution in [-0.2, 0) is 13.2 Å². The lowest BCUT2D eigenvalue weighted by atomic mass is 10.0. The summed E-state index contributed by atoms with van der Waals surface area (Å²) in [7, 11) is 0. The number of aliphatic hydroxyl groups is 1. The van der Waals surface area contributed by atoms with Gasteiger partial charge in [-0.15, -0.1) is 0 Å². The van der Waals surface area contributed by atoms with E-state index in [4.69, 9.17) is 4.74 Å². The largest absolute Gasteiger partial charge is 0.489 e. The molecule has 2 N–H and O–H groups in total. The molecule has 0 spiro atoms. The van der Waals surface area contributed by atoms with E-state index in [0.29, 0.717) is 24.4 Å². The Morgan fingerprint density at radius 1 is 1.21 bits per heavy atom. The fourth-order valence-corrected chi connectivity index (χ4v) is 3.99. The van der Waals surface area contributed by atoms with Gasteiger partial charge in [0.1, 0.15) is 18.2 Å². The zero-order chi connectivity index (χ0) is 16.8. The summed E-state index contributed by atoms with van der Waals surface area (Å²) in [5.74, 6) is 2.29. The first-order chi connectivity index (χ1) is 11.6. The normalized spacial score (nSPS) is 20.2. The molecule has 0 bridgehead atoms. The van der Waals surface area contributed by atoms with Crippen molar-refractivity contribution in [2.24, 2.45) is 0 Å². The van der Waals surface area contributed by atoms with Gasteiger partial charge in [0.15, 0.2) is 0 Å². The summed E-state index contributed by atoms with van der Waals surface area (Å²) in [5, 5.41) is 13.6. The standard InChI is InChI=1S/C19H22FNO2S/c20-18-7-2-1-5-16(18)12-23-17-6-3-4-15(10-17)11-21-13-19(22)8-9-24-14-19/h1-7,10,21-22H,8-9,11-14H2. The van der Waals surface area contributed by atoms with Gasteiger partial charge in [0.05, 0.1) is 5.60 Å². The molecular weight excluding hydrogens is 325 g/mol. The van der Waals surface area contributed by atoms with Gasteiger partial charge >= 0.3 is 0 Å². The van der Waals surface area contributed by atoms with E-state index in [0.717, 1.165) is 23.5 Å². The number of ether oxygens (including phenoxy) is 1. The molecule has 3 nitrogen and oxygen atoms in total. The van der Waals surface area contributed by atoms with Crippen molar-refractivity contribution in [1.82, 2.24) is 5.32 Å². The van der Waals surface area contributed by atoms with Gasteiger partial charge in [0, 0.05) is 24.4 Å². The van der Waals surface area contributed by atoms with Crippen LogP contribution in [0.15, 0.2) is 48.5 Å². The van der Waals surface area contributed by atoms with Crippen molar-refractivity contribution in [2.45, 2.75) is 25.2 Å². The summed E-state index contributed by atoms with van der Waals surface area (Å²) in [6.07, 6.45) is 0.844. The molecule has 0 radical (unpaired) electrons. The molecule has 1 aliphatic heterocycles. The van der Waals surface area contributed by atoms with Crippen LogP contribution in [0, 0.1) is 5.82 Å². The second-order valence-electron chi connectivity index (χ2n) is 6.16.